The van der Waals surface area contributed by atoms with Crippen LogP contribution in [0.3, 0.4) is 0 Å². The lowest BCUT2D eigenvalue weighted by Crippen LogP contribution is -2.63. The molecule has 1 unspecified atom stereocenters. The molecule has 4 saturated heterocycles. The Kier molecular flexibility index (Phi) is 8.23. The third kappa shape index (κ3) is 6.04. The number of benzene rings is 2. The molecule has 55 heavy (non-hydrogen) atoms. The van der Waals surface area contributed by atoms with Gasteiger partial charge in [-0.05, 0) is 78.9 Å². The molecule has 0 radical (unpaired) electrons. The molecule has 0 spiro atoms. The number of nitrogens with one attached hydrogen (secondary N) is 1. The van der Waals surface area contributed by atoms with Gasteiger partial charge in [0.05, 0.1) is 17.9 Å². The summed E-state index contributed by atoms with van der Waals surface area (Å²) < 4.78 is 16.0. The molecule has 5 aliphatic heterocycles. The molecule has 280 valence electrons. The third-order valence-corrected chi connectivity index (χ3v) is 12.0. The number of piperazine rings is 1. The monoisotopic (exact) mass is 740 g/mol. The van der Waals surface area contributed by atoms with Gasteiger partial charge in [0.1, 0.15) is 29.2 Å². The van der Waals surface area contributed by atoms with E-state index in [1.54, 1.807) is 17.0 Å². The number of aromatic nitrogens is 4. The lowest BCUT2D eigenvalue weighted by atomic mass is 10.0. The van der Waals surface area contributed by atoms with Gasteiger partial charge < -0.3 is 19.6 Å². The second kappa shape index (κ2) is 13.4. The summed E-state index contributed by atoms with van der Waals surface area (Å²) in [7, 11) is 0. The number of pyridine rings is 1. The number of halogens is 1. The highest BCUT2D eigenvalue weighted by Crippen LogP contribution is 2.36. The number of nitrogens with zero attached hydrogens (tertiary/aromatic N) is 9. The number of imidazole rings is 1. The van der Waals surface area contributed by atoms with E-state index in [2.05, 4.69) is 42.0 Å². The zero-order chi connectivity index (χ0) is 37.2. The minimum atomic E-state index is -0.606. The number of amides is 3. The minimum Gasteiger partial charge on any atom is -0.368 e. The van der Waals surface area contributed by atoms with Gasteiger partial charge in [-0.1, -0.05) is 24.3 Å². The van der Waals surface area contributed by atoms with Crippen LogP contribution in [0.4, 0.5) is 21.7 Å². The van der Waals surface area contributed by atoms with Crippen LogP contribution in [0.5, 0.6) is 0 Å². The zero-order valence-corrected chi connectivity index (χ0v) is 30.4. The first kappa shape index (κ1) is 33.7. The zero-order valence-electron chi connectivity index (χ0n) is 30.4. The van der Waals surface area contributed by atoms with Crippen LogP contribution < -0.4 is 20.0 Å². The van der Waals surface area contributed by atoms with Crippen LogP contribution in [0.2, 0.25) is 0 Å². The van der Waals surface area contributed by atoms with Gasteiger partial charge in [-0.15, -0.1) is 5.10 Å². The highest BCUT2D eigenvalue weighted by atomic mass is 19.1. The number of fused-ring (bicyclic) bond motifs is 2. The van der Waals surface area contributed by atoms with Gasteiger partial charge in [0.2, 0.25) is 11.8 Å². The normalized spacial score (nSPS) is 22.1. The first-order chi connectivity index (χ1) is 26.9. The summed E-state index contributed by atoms with van der Waals surface area (Å²) in [5.74, 6) is 0.732. The highest BCUT2D eigenvalue weighted by molar-refractivity contribution is 6.05. The van der Waals surface area contributed by atoms with Crippen molar-refractivity contribution in [2.45, 2.75) is 50.4 Å². The molecule has 5 aliphatic rings. The van der Waals surface area contributed by atoms with Crippen molar-refractivity contribution in [1.29, 1.82) is 0 Å². The second-order valence-corrected chi connectivity index (χ2v) is 15.2. The van der Waals surface area contributed by atoms with Crippen LogP contribution in [0, 0.1) is 5.82 Å². The maximum absolute atomic E-state index is 14.1. The number of hydrogen-bond acceptors (Lipinski definition) is 10. The fourth-order valence-electron chi connectivity index (χ4n) is 8.99. The first-order valence-electron chi connectivity index (χ1n) is 19.2. The predicted molar refractivity (Wildman–Crippen MR) is 204 cm³/mol. The van der Waals surface area contributed by atoms with Crippen molar-refractivity contribution in [1.82, 2.24) is 34.7 Å². The smallest absolute Gasteiger partial charge is 0.255 e. The van der Waals surface area contributed by atoms with Gasteiger partial charge >= 0.3 is 0 Å². The number of rotatable bonds is 7. The van der Waals surface area contributed by atoms with Gasteiger partial charge in [0.15, 0.2) is 5.65 Å². The van der Waals surface area contributed by atoms with Crippen molar-refractivity contribution < 1.29 is 18.8 Å². The molecule has 8 heterocycles. The summed E-state index contributed by atoms with van der Waals surface area (Å²) in [5, 5.41) is 7.41. The van der Waals surface area contributed by atoms with Crippen molar-refractivity contribution in [3.05, 3.63) is 102 Å². The first-order valence-corrected chi connectivity index (χ1v) is 19.2. The topological polar surface area (TPSA) is 123 Å². The van der Waals surface area contributed by atoms with E-state index in [-0.39, 0.29) is 36.0 Å². The minimum absolute atomic E-state index is 0.0698. The Morgan fingerprint density at radius 3 is 2.47 bits per heavy atom. The molecule has 0 saturated carbocycles. The molecular weight excluding hydrogens is 700 g/mol. The molecule has 0 aliphatic carbocycles. The maximum atomic E-state index is 14.1. The van der Waals surface area contributed by atoms with Crippen molar-refractivity contribution >= 4 is 40.7 Å². The molecule has 14 heteroatoms. The Hall–Kier alpha value is -5.89. The maximum Gasteiger partial charge on any atom is 0.255 e. The van der Waals surface area contributed by atoms with E-state index >= 15 is 0 Å². The fraction of sp³-hybridized carbons (Fsp3) is 0.366. The molecule has 0 bridgehead atoms. The summed E-state index contributed by atoms with van der Waals surface area (Å²) in [6, 6.07) is 22.9. The number of carbonyl (C=O) groups excluding carboxylic acids is 3. The Morgan fingerprint density at radius 2 is 1.64 bits per heavy atom. The average Bonchev–Trinajstić information content (AvgIpc) is 3.92. The Morgan fingerprint density at radius 1 is 0.782 bits per heavy atom. The summed E-state index contributed by atoms with van der Waals surface area (Å²) >= 11 is 0. The van der Waals surface area contributed by atoms with Crippen LogP contribution in [0.25, 0.3) is 17.0 Å². The van der Waals surface area contributed by atoms with Crippen molar-refractivity contribution in [2.75, 3.05) is 60.5 Å². The summed E-state index contributed by atoms with van der Waals surface area (Å²) in [5.41, 5.74) is 5.94. The van der Waals surface area contributed by atoms with Crippen LogP contribution in [-0.2, 0) is 16.1 Å². The largest absolute Gasteiger partial charge is 0.368 e. The van der Waals surface area contributed by atoms with Gasteiger partial charge in [-0.2, -0.15) is 0 Å². The van der Waals surface area contributed by atoms with Crippen LogP contribution in [-0.4, -0.2) is 105 Å². The van der Waals surface area contributed by atoms with Gasteiger partial charge in [0.25, 0.3) is 5.91 Å². The van der Waals surface area contributed by atoms with Gasteiger partial charge in [-0.3, -0.25) is 24.6 Å². The van der Waals surface area contributed by atoms with Gasteiger partial charge in [-0.25, -0.2) is 18.9 Å². The van der Waals surface area contributed by atoms with E-state index < -0.39 is 6.04 Å². The molecule has 3 aromatic heterocycles. The Balaban J connectivity index is 0.775. The SMILES string of the molecule is O=C1CCC(N2Cc3ccc(N4CC(N5CCN(c6cccc(-c7cnc8ccc(N9CCC[C@@H]9c9cccc(F)c9)nn78)n6)CC5)C4)cc3C2=O)C(=O)N1. The Labute approximate surface area is 317 Å². The van der Waals surface area contributed by atoms with Crippen molar-refractivity contribution in [3.63, 3.8) is 0 Å². The lowest BCUT2D eigenvalue weighted by molar-refractivity contribution is -0.136. The van der Waals surface area contributed by atoms with E-state index in [9.17, 15) is 18.8 Å². The molecule has 4 fully saturated rings. The van der Waals surface area contributed by atoms with Crippen LogP contribution in [0.15, 0.2) is 79.0 Å². The number of carbonyl (C=O) groups is 3. The number of piperidine rings is 1. The second-order valence-electron chi connectivity index (χ2n) is 15.2. The third-order valence-electron chi connectivity index (χ3n) is 12.0. The average molecular weight is 741 g/mol. The Bertz CT molecular complexity index is 2330. The molecular formula is C41H41FN10O3. The highest BCUT2D eigenvalue weighted by Gasteiger charge is 2.40. The molecule has 10 rings (SSSR count). The number of hydrogen-bond donors (Lipinski definition) is 1. The van der Waals surface area contributed by atoms with E-state index in [4.69, 9.17) is 10.1 Å². The van der Waals surface area contributed by atoms with Crippen LogP contribution >= 0.6 is 0 Å². The summed E-state index contributed by atoms with van der Waals surface area (Å²) in [4.78, 5) is 58.2. The van der Waals surface area contributed by atoms with Gasteiger partial charge in [0, 0.05) is 76.1 Å². The predicted octanol–water partition coefficient (Wildman–Crippen LogP) is 4.04. The quantitative estimate of drug-likeness (QED) is 0.245. The molecule has 2 aromatic carbocycles. The lowest BCUT2D eigenvalue weighted by Gasteiger charge is -2.49. The standard InChI is InChI=1S/C41H41FN10O3/c42-28-5-1-4-26(20-28)33-7-3-15-50(33)38-13-12-36-43-22-35(52(36)46-38)32-6-2-8-37(44-32)48-18-16-47(17-19-48)30-24-49(25-30)29-10-9-27-23-51(41(55)31(27)21-29)34-11-14-39(53)45-40(34)54/h1-2,4-6,8-10,12-13,20-22,30,33-34H,3,7,11,14-19,23-25H2,(H,45,53,54)/t33-,34?/m1/s1. The fourth-order valence-corrected chi connectivity index (χ4v) is 8.99. The van der Waals surface area contributed by atoms with Crippen molar-refractivity contribution in [2.24, 2.45) is 0 Å². The summed E-state index contributed by atoms with van der Waals surface area (Å²) in [6.07, 6.45) is 4.40. The number of anilines is 3. The molecule has 13 nitrogen and oxygen atoms in total. The summed E-state index contributed by atoms with van der Waals surface area (Å²) in [6.45, 7) is 6.60. The van der Waals surface area contributed by atoms with Crippen LogP contribution in [0.1, 0.15) is 53.2 Å². The van der Waals surface area contributed by atoms with E-state index in [0.29, 0.717) is 24.6 Å². The number of imide groups is 1. The molecule has 1 N–H and O–H groups in total. The van der Waals surface area contributed by atoms with E-state index in [0.717, 1.165) is 104 Å². The molecule has 2 atom stereocenters. The van der Waals surface area contributed by atoms with Crippen molar-refractivity contribution in [3.8, 4) is 11.4 Å². The van der Waals surface area contributed by atoms with E-state index in [1.807, 2.05) is 53.2 Å². The molecule has 3 amide bonds. The molecule has 5 aromatic rings. The van der Waals surface area contributed by atoms with E-state index in [1.165, 1.54) is 6.07 Å².